The van der Waals surface area contributed by atoms with Gasteiger partial charge in [-0.15, -0.1) is 0 Å². The molecule has 0 spiro atoms. The summed E-state index contributed by atoms with van der Waals surface area (Å²) in [6, 6.07) is 4.22. The predicted octanol–water partition coefficient (Wildman–Crippen LogP) is 2.83. The Labute approximate surface area is 120 Å². The largest absolute Gasteiger partial charge is 0.493 e. The molecule has 0 radical (unpaired) electrons. The number of benzene rings is 1. The van der Waals surface area contributed by atoms with Crippen molar-refractivity contribution in [3.8, 4) is 5.75 Å². The maximum Gasteiger partial charge on any atom is 0.127 e. The van der Waals surface area contributed by atoms with E-state index in [1.54, 1.807) is 0 Å². The summed E-state index contributed by atoms with van der Waals surface area (Å²) in [4.78, 5) is 0. The summed E-state index contributed by atoms with van der Waals surface area (Å²) in [7, 11) is 0. The molecule has 2 N–H and O–H groups in total. The van der Waals surface area contributed by atoms with Gasteiger partial charge in [0.1, 0.15) is 5.75 Å². The molecule has 0 unspecified atom stereocenters. The van der Waals surface area contributed by atoms with Gasteiger partial charge < -0.3 is 10.5 Å². The van der Waals surface area contributed by atoms with Crippen LogP contribution in [0.5, 0.6) is 5.75 Å². The molecule has 2 heterocycles. The molecular weight excluding hydrogens is 306 g/mol. The number of aromatic nitrogens is 2. The van der Waals surface area contributed by atoms with Crippen LogP contribution in [0, 0.1) is 13.8 Å². The highest BCUT2D eigenvalue weighted by atomic mass is 79.9. The first-order valence-electron chi connectivity index (χ1n) is 6.30. The number of nitrogen functional groups attached to an aromatic ring is 1. The van der Waals surface area contributed by atoms with Crippen LogP contribution in [0.4, 0.5) is 5.69 Å². The first-order valence-corrected chi connectivity index (χ1v) is 7.09. The number of aryl methyl sites for hydroxylation is 1. The fourth-order valence-electron chi connectivity index (χ4n) is 2.49. The highest BCUT2D eigenvalue weighted by molar-refractivity contribution is 9.10. The summed E-state index contributed by atoms with van der Waals surface area (Å²) in [5, 5.41) is 4.48. The molecule has 0 atom stereocenters. The molecule has 19 heavy (non-hydrogen) atoms. The van der Waals surface area contributed by atoms with E-state index in [0.29, 0.717) is 6.54 Å². The van der Waals surface area contributed by atoms with Crippen LogP contribution in [-0.2, 0) is 13.0 Å². The number of hydrogen-bond donors (Lipinski definition) is 1. The van der Waals surface area contributed by atoms with Gasteiger partial charge >= 0.3 is 0 Å². The number of anilines is 1. The summed E-state index contributed by atoms with van der Waals surface area (Å²) in [5.41, 5.74) is 11.0. The molecule has 1 aliphatic rings. The molecule has 1 aromatic carbocycles. The van der Waals surface area contributed by atoms with Crippen LogP contribution in [0.1, 0.15) is 22.5 Å². The van der Waals surface area contributed by atoms with Crippen LogP contribution in [0.15, 0.2) is 16.6 Å². The minimum absolute atomic E-state index is 0.686. The molecule has 0 saturated heterocycles. The van der Waals surface area contributed by atoms with Gasteiger partial charge in [0, 0.05) is 16.5 Å². The lowest BCUT2D eigenvalue weighted by atomic mass is 10.1. The number of hydrogen-bond acceptors (Lipinski definition) is 3. The van der Waals surface area contributed by atoms with Gasteiger partial charge in [-0.3, -0.25) is 4.68 Å². The third kappa shape index (κ3) is 2.12. The Morgan fingerprint density at radius 2 is 2.21 bits per heavy atom. The van der Waals surface area contributed by atoms with E-state index in [1.807, 2.05) is 18.5 Å². The lowest BCUT2D eigenvalue weighted by Crippen LogP contribution is -2.06. The minimum atomic E-state index is 0.686. The van der Waals surface area contributed by atoms with E-state index in [1.165, 1.54) is 5.56 Å². The summed E-state index contributed by atoms with van der Waals surface area (Å²) in [6.45, 7) is 5.37. The van der Waals surface area contributed by atoms with Gasteiger partial charge in [-0.25, -0.2) is 0 Å². The minimum Gasteiger partial charge on any atom is -0.493 e. The fourth-order valence-corrected chi connectivity index (χ4v) is 3.04. The van der Waals surface area contributed by atoms with E-state index in [4.69, 9.17) is 10.5 Å². The Morgan fingerprint density at radius 1 is 1.42 bits per heavy atom. The fraction of sp³-hybridized carbons (Fsp3) is 0.357. The van der Waals surface area contributed by atoms with Crippen LogP contribution < -0.4 is 10.5 Å². The monoisotopic (exact) mass is 321 g/mol. The molecule has 0 saturated carbocycles. The molecule has 5 heteroatoms. The van der Waals surface area contributed by atoms with E-state index in [0.717, 1.165) is 45.9 Å². The summed E-state index contributed by atoms with van der Waals surface area (Å²) < 4.78 is 8.76. The standard InChI is InChI=1S/C14H16BrN3O/c1-8-13(16)9(2)18(17-8)7-11-6-12(15)5-10-3-4-19-14(10)11/h5-6H,3-4,7,16H2,1-2H3. The third-order valence-electron chi connectivity index (χ3n) is 3.58. The molecule has 4 nitrogen and oxygen atoms in total. The number of fused-ring (bicyclic) bond motifs is 1. The SMILES string of the molecule is Cc1nn(Cc2cc(Br)cc3c2OCC3)c(C)c1N. The van der Waals surface area contributed by atoms with Crippen LogP contribution in [0.3, 0.4) is 0 Å². The zero-order valence-electron chi connectivity index (χ0n) is 11.0. The van der Waals surface area contributed by atoms with Crippen LogP contribution in [-0.4, -0.2) is 16.4 Å². The van der Waals surface area contributed by atoms with E-state index < -0.39 is 0 Å². The predicted molar refractivity (Wildman–Crippen MR) is 78.6 cm³/mol. The number of nitrogens with zero attached hydrogens (tertiary/aromatic N) is 2. The first kappa shape index (κ1) is 12.5. The summed E-state index contributed by atoms with van der Waals surface area (Å²) in [6.07, 6.45) is 0.973. The maximum absolute atomic E-state index is 5.98. The number of ether oxygens (including phenoxy) is 1. The molecule has 0 amide bonds. The van der Waals surface area contributed by atoms with Gasteiger partial charge in [0.25, 0.3) is 0 Å². The molecule has 1 aliphatic heterocycles. The molecule has 0 aliphatic carbocycles. The van der Waals surface area contributed by atoms with Gasteiger partial charge in [0.2, 0.25) is 0 Å². The molecule has 2 aromatic rings. The number of rotatable bonds is 2. The third-order valence-corrected chi connectivity index (χ3v) is 4.04. The number of nitrogens with two attached hydrogens (primary N) is 1. The van der Waals surface area contributed by atoms with Crippen molar-refractivity contribution >= 4 is 21.6 Å². The Morgan fingerprint density at radius 3 is 2.89 bits per heavy atom. The van der Waals surface area contributed by atoms with Crippen molar-refractivity contribution < 1.29 is 4.74 Å². The number of halogens is 1. The molecular formula is C14H16BrN3O. The van der Waals surface area contributed by atoms with Crippen molar-refractivity contribution in [3.63, 3.8) is 0 Å². The molecule has 100 valence electrons. The Bertz CT molecular complexity index is 649. The van der Waals surface area contributed by atoms with Crippen LogP contribution >= 0.6 is 15.9 Å². The van der Waals surface area contributed by atoms with Gasteiger partial charge in [-0.1, -0.05) is 15.9 Å². The Balaban J connectivity index is 2.02. The van der Waals surface area contributed by atoms with Crippen LogP contribution in [0.2, 0.25) is 0 Å². The summed E-state index contributed by atoms with van der Waals surface area (Å²) in [5.74, 6) is 1.01. The first-order chi connectivity index (χ1) is 9.06. The summed E-state index contributed by atoms with van der Waals surface area (Å²) >= 11 is 3.56. The van der Waals surface area contributed by atoms with Gasteiger partial charge in [-0.2, -0.15) is 5.10 Å². The van der Waals surface area contributed by atoms with Crippen molar-refractivity contribution in [3.05, 3.63) is 39.1 Å². The second kappa shape index (κ2) is 4.56. The normalized spacial score (nSPS) is 13.4. The molecule has 1 aromatic heterocycles. The molecule has 0 bridgehead atoms. The average molecular weight is 322 g/mol. The molecule has 3 rings (SSSR count). The van der Waals surface area contributed by atoms with Crippen molar-refractivity contribution in [1.82, 2.24) is 9.78 Å². The van der Waals surface area contributed by atoms with Gasteiger partial charge in [-0.05, 0) is 31.5 Å². The lowest BCUT2D eigenvalue weighted by Gasteiger charge is -2.10. The van der Waals surface area contributed by atoms with E-state index in [2.05, 4.69) is 33.2 Å². The second-order valence-electron chi connectivity index (χ2n) is 4.89. The van der Waals surface area contributed by atoms with E-state index in [9.17, 15) is 0 Å². The average Bonchev–Trinajstić information content (AvgIpc) is 2.91. The van der Waals surface area contributed by atoms with Crippen molar-refractivity contribution in [1.29, 1.82) is 0 Å². The van der Waals surface area contributed by atoms with Crippen molar-refractivity contribution in [2.75, 3.05) is 12.3 Å². The lowest BCUT2D eigenvalue weighted by molar-refractivity contribution is 0.352. The van der Waals surface area contributed by atoms with Gasteiger partial charge in [0.15, 0.2) is 0 Å². The molecule has 0 fully saturated rings. The Hall–Kier alpha value is -1.49. The zero-order valence-corrected chi connectivity index (χ0v) is 12.6. The second-order valence-corrected chi connectivity index (χ2v) is 5.81. The van der Waals surface area contributed by atoms with Gasteiger partial charge in [0.05, 0.1) is 30.2 Å². The topological polar surface area (TPSA) is 53.1 Å². The smallest absolute Gasteiger partial charge is 0.127 e. The zero-order chi connectivity index (χ0) is 13.6. The van der Waals surface area contributed by atoms with E-state index in [-0.39, 0.29) is 0 Å². The van der Waals surface area contributed by atoms with Crippen LogP contribution in [0.25, 0.3) is 0 Å². The highest BCUT2D eigenvalue weighted by Gasteiger charge is 2.19. The van der Waals surface area contributed by atoms with Crippen molar-refractivity contribution in [2.45, 2.75) is 26.8 Å². The van der Waals surface area contributed by atoms with Crippen molar-refractivity contribution in [2.24, 2.45) is 0 Å². The maximum atomic E-state index is 5.98. The van der Waals surface area contributed by atoms with E-state index >= 15 is 0 Å². The highest BCUT2D eigenvalue weighted by Crippen LogP contribution is 2.33. The Kier molecular flexibility index (Phi) is 3.01. The quantitative estimate of drug-likeness (QED) is 0.925.